The van der Waals surface area contributed by atoms with Gasteiger partial charge in [-0.05, 0) is 43.0 Å². The minimum absolute atomic E-state index is 0.363. The quantitative estimate of drug-likeness (QED) is 0.832. The van der Waals surface area contributed by atoms with Crippen LogP contribution in [0, 0.1) is 5.92 Å². The molecule has 4 heteroatoms. The Balaban J connectivity index is 2.38. The highest BCUT2D eigenvalue weighted by Gasteiger charge is 2.29. The fourth-order valence-electron chi connectivity index (χ4n) is 2.83. The molecule has 0 aromatic heterocycles. The molecule has 1 fully saturated rings. The molecule has 1 aromatic rings. The highest BCUT2D eigenvalue weighted by atomic mass is 16.5. The van der Waals surface area contributed by atoms with Gasteiger partial charge in [0.25, 0.3) is 0 Å². The monoisotopic (exact) mass is 279 g/mol. The van der Waals surface area contributed by atoms with Crippen LogP contribution in [0.1, 0.15) is 37.8 Å². The van der Waals surface area contributed by atoms with Gasteiger partial charge in [-0.15, -0.1) is 0 Å². The number of ether oxygens (including phenoxy) is 3. The van der Waals surface area contributed by atoms with Crippen molar-refractivity contribution in [3.63, 3.8) is 0 Å². The summed E-state index contributed by atoms with van der Waals surface area (Å²) >= 11 is 0. The van der Waals surface area contributed by atoms with Gasteiger partial charge in [0.15, 0.2) is 11.5 Å². The van der Waals surface area contributed by atoms with E-state index in [4.69, 9.17) is 14.2 Å². The zero-order valence-corrected chi connectivity index (χ0v) is 12.9. The molecule has 1 atom stereocenters. The first-order chi connectivity index (χ1) is 9.74. The third-order valence-electron chi connectivity index (χ3n) is 4.09. The molecule has 0 amide bonds. The van der Waals surface area contributed by atoms with E-state index in [1.54, 1.807) is 21.3 Å². The van der Waals surface area contributed by atoms with Gasteiger partial charge in [-0.1, -0.05) is 13.3 Å². The summed E-state index contributed by atoms with van der Waals surface area (Å²) < 4.78 is 16.3. The number of hydrogen-bond donors (Lipinski definition) is 1. The molecule has 1 aliphatic carbocycles. The Hall–Kier alpha value is -1.42. The zero-order chi connectivity index (χ0) is 14.5. The van der Waals surface area contributed by atoms with Crippen LogP contribution in [0.3, 0.4) is 0 Å². The molecule has 1 N–H and O–H groups in total. The number of nitrogens with one attached hydrogen (secondary N) is 1. The van der Waals surface area contributed by atoms with Crippen molar-refractivity contribution in [2.45, 2.75) is 32.2 Å². The molecule has 0 radical (unpaired) electrons. The van der Waals surface area contributed by atoms with Gasteiger partial charge in [0.05, 0.1) is 21.3 Å². The summed E-state index contributed by atoms with van der Waals surface area (Å²) in [6, 6.07) is 4.49. The van der Waals surface area contributed by atoms with Crippen LogP contribution in [0.2, 0.25) is 0 Å². The summed E-state index contributed by atoms with van der Waals surface area (Å²) in [5.41, 5.74) is 1.21. The first-order valence-corrected chi connectivity index (χ1v) is 7.28. The van der Waals surface area contributed by atoms with E-state index in [1.165, 1.54) is 24.8 Å². The summed E-state index contributed by atoms with van der Waals surface area (Å²) in [6.07, 6.45) is 3.90. The van der Waals surface area contributed by atoms with Crippen molar-refractivity contribution >= 4 is 0 Å². The second kappa shape index (κ2) is 6.84. The highest BCUT2D eigenvalue weighted by Crippen LogP contribution is 2.44. The lowest BCUT2D eigenvalue weighted by Gasteiger charge is -2.35. The van der Waals surface area contributed by atoms with Crippen LogP contribution < -0.4 is 19.5 Å². The van der Waals surface area contributed by atoms with Crippen LogP contribution in [-0.2, 0) is 0 Å². The Bertz CT molecular complexity index is 418. The van der Waals surface area contributed by atoms with Crippen molar-refractivity contribution < 1.29 is 14.2 Å². The van der Waals surface area contributed by atoms with Crippen molar-refractivity contribution in [2.24, 2.45) is 5.92 Å². The predicted molar refractivity (Wildman–Crippen MR) is 79.9 cm³/mol. The van der Waals surface area contributed by atoms with Crippen LogP contribution >= 0.6 is 0 Å². The van der Waals surface area contributed by atoms with Crippen molar-refractivity contribution in [2.75, 3.05) is 27.9 Å². The fraction of sp³-hybridized carbons (Fsp3) is 0.625. The minimum atomic E-state index is 0.363. The maximum atomic E-state index is 5.45. The molecule has 1 saturated carbocycles. The minimum Gasteiger partial charge on any atom is -0.493 e. The van der Waals surface area contributed by atoms with Crippen molar-refractivity contribution in [3.05, 3.63) is 17.7 Å². The average Bonchev–Trinajstić information content (AvgIpc) is 2.43. The molecule has 0 spiro atoms. The Morgan fingerprint density at radius 3 is 2.05 bits per heavy atom. The lowest BCUT2D eigenvalue weighted by Crippen LogP contribution is -2.32. The summed E-state index contributed by atoms with van der Waals surface area (Å²) in [5.74, 6) is 2.81. The first-order valence-electron chi connectivity index (χ1n) is 7.28. The molecule has 4 nitrogen and oxygen atoms in total. The third kappa shape index (κ3) is 2.85. The maximum Gasteiger partial charge on any atom is 0.203 e. The summed E-state index contributed by atoms with van der Waals surface area (Å²) in [7, 11) is 4.95. The van der Waals surface area contributed by atoms with Crippen LogP contribution in [-0.4, -0.2) is 27.9 Å². The third-order valence-corrected chi connectivity index (χ3v) is 4.09. The predicted octanol–water partition coefficient (Wildman–Crippen LogP) is 3.16. The van der Waals surface area contributed by atoms with Crippen molar-refractivity contribution in [3.8, 4) is 17.2 Å². The molecule has 112 valence electrons. The Morgan fingerprint density at radius 1 is 1.10 bits per heavy atom. The van der Waals surface area contributed by atoms with Crippen molar-refractivity contribution in [1.82, 2.24) is 5.32 Å². The van der Waals surface area contributed by atoms with E-state index >= 15 is 0 Å². The summed E-state index contributed by atoms with van der Waals surface area (Å²) in [5, 5.41) is 3.59. The molecule has 0 aliphatic heterocycles. The second-order valence-electron chi connectivity index (χ2n) is 5.19. The van der Waals surface area contributed by atoms with Crippen LogP contribution in [0.4, 0.5) is 0 Å². The molecule has 0 saturated heterocycles. The maximum absolute atomic E-state index is 5.45. The van der Waals surface area contributed by atoms with Gasteiger partial charge < -0.3 is 19.5 Å². The highest BCUT2D eigenvalue weighted by molar-refractivity contribution is 5.54. The zero-order valence-electron chi connectivity index (χ0n) is 12.9. The summed E-state index contributed by atoms with van der Waals surface area (Å²) in [4.78, 5) is 0. The Morgan fingerprint density at radius 2 is 1.70 bits per heavy atom. The van der Waals surface area contributed by atoms with Gasteiger partial charge in [-0.2, -0.15) is 0 Å². The average molecular weight is 279 g/mol. The van der Waals surface area contributed by atoms with Gasteiger partial charge in [0, 0.05) is 6.04 Å². The lowest BCUT2D eigenvalue weighted by molar-refractivity contribution is 0.231. The fourth-order valence-corrected chi connectivity index (χ4v) is 2.83. The van der Waals surface area contributed by atoms with Gasteiger partial charge in [0.2, 0.25) is 5.75 Å². The van der Waals surface area contributed by atoms with E-state index < -0.39 is 0 Å². The molecule has 0 bridgehead atoms. The molecule has 2 rings (SSSR count). The molecular weight excluding hydrogens is 254 g/mol. The van der Waals surface area contributed by atoms with Gasteiger partial charge in [-0.25, -0.2) is 0 Å². The number of rotatable bonds is 7. The number of hydrogen-bond acceptors (Lipinski definition) is 4. The molecule has 1 unspecified atom stereocenters. The van der Waals surface area contributed by atoms with Gasteiger partial charge >= 0.3 is 0 Å². The van der Waals surface area contributed by atoms with E-state index in [-0.39, 0.29) is 0 Å². The normalized spacial score (nSPS) is 16.4. The molecule has 20 heavy (non-hydrogen) atoms. The molecular formula is C16H25NO3. The lowest BCUT2D eigenvalue weighted by atomic mass is 9.77. The topological polar surface area (TPSA) is 39.7 Å². The van der Waals surface area contributed by atoms with E-state index in [2.05, 4.69) is 24.4 Å². The van der Waals surface area contributed by atoms with Crippen molar-refractivity contribution in [1.29, 1.82) is 0 Å². The number of benzene rings is 1. The van der Waals surface area contributed by atoms with Crippen LogP contribution in [0.25, 0.3) is 0 Å². The Labute approximate surface area is 121 Å². The van der Waals surface area contributed by atoms with E-state index in [1.807, 2.05) is 0 Å². The van der Waals surface area contributed by atoms with E-state index in [9.17, 15) is 0 Å². The van der Waals surface area contributed by atoms with E-state index in [0.717, 1.165) is 18.0 Å². The first kappa shape index (κ1) is 15.0. The standard InChI is InChI=1S/C16H25NO3/c1-5-17-15(11-7-6-8-11)12-9-13(18-2)16(20-4)14(10-12)19-3/h9-11,15,17H,5-8H2,1-4H3. The van der Waals surface area contributed by atoms with Gasteiger partial charge in [0.1, 0.15) is 0 Å². The SMILES string of the molecule is CCNC(c1cc(OC)c(OC)c(OC)c1)C1CCC1. The smallest absolute Gasteiger partial charge is 0.203 e. The molecule has 1 aromatic carbocycles. The van der Waals surface area contributed by atoms with Crippen LogP contribution in [0.5, 0.6) is 17.2 Å². The Kier molecular flexibility index (Phi) is 5.12. The van der Waals surface area contributed by atoms with Crippen LogP contribution in [0.15, 0.2) is 12.1 Å². The summed E-state index contributed by atoms with van der Waals surface area (Å²) in [6.45, 7) is 3.10. The molecule has 1 aliphatic rings. The van der Waals surface area contributed by atoms with Gasteiger partial charge in [-0.3, -0.25) is 0 Å². The second-order valence-corrected chi connectivity index (χ2v) is 5.19. The number of methoxy groups -OCH3 is 3. The molecule has 0 heterocycles. The largest absolute Gasteiger partial charge is 0.493 e. The van der Waals surface area contributed by atoms with E-state index in [0.29, 0.717) is 17.7 Å².